The molecule has 128 valence electrons. The SMILES string of the molecule is CC12C=CC(S(=O)(=O)N3CCc4ccc(-c5ccsc5)cc43)=CC1C2. The number of hydrogen-bond acceptors (Lipinski definition) is 3. The highest BCUT2D eigenvalue weighted by Gasteiger charge is 2.49. The van der Waals surface area contributed by atoms with Crippen LogP contribution >= 0.6 is 11.3 Å². The van der Waals surface area contributed by atoms with Gasteiger partial charge in [-0.05, 0) is 69.8 Å². The third kappa shape index (κ3) is 2.33. The summed E-state index contributed by atoms with van der Waals surface area (Å²) in [5.74, 6) is 0.376. The van der Waals surface area contributed by atoms with Gasteiger partial charge in [-0.15, -0.1) is 0 Å². The predicted molar refractivity (Wildman–Crippen MR) is 103 cm³/mol. The molecule has 1 aromatic carbocycles. The highest BCUT2D eigenvalue weighted by atomic mass is 32.2. The zero-order valence-electron chi connectivity index (χ0n) is 14.0. The second kappa shape index (κ2) is 5.08. The number of thiophene rings is 1. The van der Waals surface area contributed by atoms with E-state index in [1.807, 2.05) is 17.5 Å². The van der Waals surface area contributed by atoms with Crippen molar-refractivity contribution in [3.05, 3.63) is 63.7 Å². The molecule has 0 N–H and O–H groups in total. The van der Waals surface area contributed by atoms with Crippen molar-refractivity contribution >= 4 is 27.0 Å². The Kier molecular flexibility index (Phi) is 3.13. The van der Waals surface area contributed by atoms with Crippen molar-refractivity contribution in [1.29, 1.82) is 0 Å². The molecule has 2 aromatic rings. The Morgan fingerprint density at radius 1 is 1.24 bits per heavy atom. The quantitative estimate of drug-likeness (QED) is 0.794. The monoisotopic (exact) mass is 369 g/mol. The Morgan fingerprint density at radius 3 is 2.88 bits per heavy atom. The van der Waals surface area contributed by atoms with Gasteiger partial charge in [0.05, 0.1) is 10.6 Å². The van der Waals surface area contributed by atoms with E-state index in [2.05, 4.69) is 36.6 Å². The third-order valence-electron chi connectivity index (χ3n) is 5.72. The number of fused-ring (bicyclic) bond motifs is 2. The van der Waals surface area contributed by atoms with E-state index in [0.29, 0.717) is 17.4 Å². The highest BCUT2D eigenvalue weighted by Crippen LogP contribution is 2.57. The molecule has 5 heteroatoms. The van der Waals surface area contributed by atoms with Crippen LogP contribution in [0.5, 0.6) is 0 Å². The highest BCUT2D eigenvalue weighted by molar-refractivity contribution is 7.96. The maximum absolute atomic E-state index is 13.2. The fourth-order valence-electron chi connectivity index (χ4n) is 3.89. The lowest BCUT2D eigenvalue weighted by molar-refractivity contribution is 0.598. The van der Waals surface area contributed by atoms with E-state index in [1.54, 1.807) is 21.7 Å². The predicted octanol–water partition coefficient (Wildman–Crippen LogP) is 4.59. The van der Waals surface area contributed by atoms with Crippen LogP contribution in [-0.2, 0) is 16.4 Å². The van der Waals surface area contributed by atoms with Crippen LogP contribution in [0.15, 0.2) is 58.2 Å². The fourth-order valence-corrected chi connectivity index (χ4v) is 6.15. The number of rotatable bonds is 3. The van der Waals surface area contributed by atoms with Crippen molar-refractivity contribution in [2.45, 2.75) is 19.8 Å². The average Bonchev–Trinajstić information content (AvgIpc) is 2.99. The van der Waals surface area contributed by atoms with Gasteiger partial charge in [-0.2, -0.15) is 11.3 Å². The standard InChI is InChI=1S/C20H19NO2S2/c1-20-7-4-18(11-17(20)12-20)25(22,23)21-8-5-14-2-3-15(10-19(14)21)16-6-9-24-13-16/h2-4,6-7,9-11,13,17H,5,8,12H2,1H3. The van der Waals surface area contributed by atoms with Gasteiger partial charge in [0.25, 0.3) is 10.0 Å². The zero-order chi connectivity index (χ0) is 17.2. The summed E-state index contributed by atoms with van der Waals surface area (Å²) in [4.78, 5) is 0.460. The minimum atomic E-state index is -3.48. The van der Waals surface area contributed by atoms with Crippen molar-refractivity contribution in [3.63, 3.8) is 0 Å². The topological polar surface area (TPSA) is 37.4 Å². The Balaban J connectivity index is 1.54. The van der Waals surface area contributed by atoms with Gasteiger partial charge < -0.3 is 0 Å². The molecular weight excluding hydrogens is 350 g/mol. The van der Waals surface area contributed by atoms with Crippen molar-refractivity contribution in [1.82, 2.24) is 0 Å². The minimum absolute atomic E-state index is 0.189. The molecule has 2 heterocycles. The number of anilines is 1. The Morgan fingerprint density at radius 2 is 2.12 bits per heavy atom. The van der Waals surface area contributed by atoms with Gasteiger partial charge in [-0.1, -0.05) is 31.2 Å². The molecule has 2 aliphatic carbocycles. The third-order valence-corrected chi connectivity index (χ3v) is 8.23. The maximum Gasteiger partial charge on any atom is 0.264 e. The molecular formula is C20H19NO2S2. The molecule has 0 spiro atoms. The first-order valence-corrected chi connectivity index (χ1v) is 10.9. The van der Waals surface area contributed by atoms with Crippen LogP contribution in [-0.4, -0.2) is 15.0 Å². The smallest absolute Gasteiger partial charge is 0.264 e. The molecule has 1 aliphatic heterocycles. The summed E-state index contributed by atoms with van der Waals surface area (Å²) in [7, 11) is -3.48. The van der Waals surface area contributed by atoms with Crippen LogP contribution < -0.4 is 4.31 Å². The first-order valence-electron chi connectivity index (χ1n) is 8.57. The summed E-state index contributed by atoms with van der Waals surface area (Å²) < 4.78 is 28.0. The lowest BCUT2D eigenvalue weighted by Gasteiger charge is -2.22. The van der Waals surface area contributed by atoms with E-state index in [9.17, 15) is 8.42 Å². The van der Waals surface area contributed by atoms with E-state index in [4.69, 9.17) is 0 Å². The summed E-state index contributed by atoms with van der Waals surface area (Å²) in [6.45, 7) is 2.71. The summed E-state index contributed by atoms with van der Waals surface area (Å²) in [5, 5.41) is 4.14. The fraction of sp³-hybridized carbons (Fsp3) is 0.300. The van der Waals surface area contributed by atoms with Crippen LogP contribution in [0.1, 0.15) is 18.9 Å². The molecule has 25 heavy (non-hydrogen) atoms. The summed E-state index contributed by atoms with van der Waals surface area (Å²) in [6, 6.07) is 8.25. The van der Waals surface area contributed by atoms with Crippen LogP contribution in [0.3, 0.4) is 0 Å². The van der Waals surface area contributed by atoms with Gasteiger partial charge in [0.1, 0.15) is 0 Å². The second-order valence-electron chi connectivity index (χ2n) is 7.40. The van der Waals surface area contributed by atoms with Gasteiger partial charge in [-0.3, -0.25) is 4.31 Å². The van der Waals surface area contributed by atoms with E-state index >= 15 is 0 Å². The lowest BCUT2D eigenvalue weighted by Crippen LogP contribution is -2.30. The van der Waals surface area contributed by atoms with Crippen molar-refractivity contribution in [3.8, 4) is 11.1 Å². The van der Waals surface area contributed by atoms with E-state index in [-0.39, 0.29) is 5.41 Å². The van der Waals surface area contributed by atoms with E-state index in [0.717, 1.165) is 35.2 Å². The molecule has 1 fully saturated rings. The molecule has 0 amide bonds. The number of nitrogens with zero attached hydrogens (tertiary/aromatic N) is 1. The molecule has 3 nitrogen and oxygen atoms in total. The minimum Gasteiger partial charge on any atom is -0.266 e. The first kappa shape index (κ1) is 15.4. The summed E-state index contributed by atoms with van der Waals surface area (Å²) in [5.41, 5.74) is 4.35. The van der Waals surface area contributed by atoms with E-state index < -0.39 is 10.0 Å². The number of hydrogen-bond donors (Lipinski definition) is 0. The summed E-state index contributed by atoms with van der Waals surface area (Å²) in [6.07, 6.45) is 7.66. The Hall–Kier alpha value is -1.85. The molecule has 1 aromatic heterocycles. The zero-order valence-corrected chi connectivity index (χ0v) is 15.6. The molecule has 0 radical (unpaired) electrons. The van der Waals surface area contributed by atoms with Gasteiger partial charge >= 0.3 is 0 Å². The first-order chi connectivity index (χ1) is 12.0. The molecule has 0 bridgehead atoms. The summed E-state index contributed by atoms with van der Waals surface area (Å²) >= 11 is 1.65. The van der Waals surface area contributed by atoms with Gasteiger partial charge in [0.2, 0.25) is 0 Å². The van der Waals surface area contributed by atoms with Gasteiger partial charge in [-0.25, -0.2) is 8.42 Å². The molecule has 5 rings (SSSR count). The molecule has 1 saturated carbocycles. The number of benzene rings is 1. The number of allylic oxidation sites excluding steroid dienone is 3. The second-order valence-corrected chi connectivity index (χ2v) is 10.0. The lowest BCUT2D eigenvalue weighted by atomic mass is 10.0. The molecule has 2 unspecified atom stereocenters. The number of sulfonamides is 1. The van der Waals surface area contributed by atoms with Gasteiger partial charge in [0.15, 0.2) is 0 Å². The van der Waals surface area contributed by atoms with E-state index in [1.165, 1.54) is 0 Å². The van der Waals surface area contributed by atoms with Crippen LogP contribution in [0.25, 0.3) is 11.1 Å². The molecule has 2 atom stereocenters. The largest absolute Gasteiger partial charge is 0.266 e. The van der Waals surface area contributed by atoms with Crippen LogP contribution in [0, 0.1) is 11.3 Å². The van der Waals surface area contributed by atoms with Crippen molar-refractivity contribution in [2.24, 2.45) is 11.3 Å². The van der Waals surface area contributed by atoms with Crippen LogP contribution in [0.2, 0.25) is 0 Å². The molecule has 3 aliphatic rings. The van der Waals surface area contributed by atoms with Gasteiger partial charge in [0, 0.05) is 6.54 Å². The van der Waals surface area contributed by atoms with Crippen molar-refractivity contribution < 1.29 is 8.42 Å². The molecule has 0 saturated heterocycles. The Bertz CT molecular complexity index is 1020. The average molecular weight is 370 g/mol. The van der Waals surface area contributed by atoms with Crippen LogP contribution in [0.4, 0.5) is 5.69 Å². The Labute approximate surface area is 152 Å². The maximum atomic E-state index is 13.2. The van der Waals surface area contributed by atoms with Crippen molar-refractivity contribution in [2.75, 3.05) is 10.8 Å². The normalized spacial score (nSPS) is 27.0.